The molecule has 0 radical (unpaired) electrons. The van der Waals surface area contributed by atoms with Crippen molar-refractivity contribution < 1.29 is 48.3 Å². The first kappa shape index (κ1) is 32.3. The predicted octanol–water partition coefficient (Wildman–Crippen LogP) is 3.56. The highest BCUT2D eigenvalue weighted by Crippen LogP contribution is 2.65. The second kappa shape index (κ2) is 10.8. The van der Waals surface area contributed by atoms with Crippen LogP contribution in [-0.2, 0) is 33.3 Å². The molecule has 10 heteroatoms. The minimum atomic E-state index is -1.88. The van der Waals surface area contributed by atoms with E-state index in [1.54, 1.807) is 44.2 Å². The number of Topliss-reactive ketones (excluding diaryl/α,β-unsaturated/α-hetero) is 1. The number of hydrogen-bond acceptors (Lipinski definition) is 10. The number of aliphatic hydroxyl groups excluding tert-OH is 1. The lowest BCUT2D eigenvalue weighted by Crippen LogP contribution is -2.81. The predicted molar refractivity (Wildman–Crippen MR) is 157 cm³/mol. The van der Waals surface area contributed by atoms with Crippen LogP contribution in [-0.4, -0.2) is 76.1 Å². The summed E-state index contributed by atoms with van der Waals surface area (Å²) < 4.78 is 24.1. The Morgan fingerprint density at radius 1 is 1.02 bits per heavy atom. The maximum absolute atomic E-state index is 15.0. The van der Waals surface area contributed by atoms with Crippen molar-refractivity contribution in [2.24, 2.45) is 28.6 Å². The first-order valence-electron chi connectivity index (χ1n) is 15.3. The summed E-state index contributed by atoms with van der Waals surface area (Å²) >= 11 is 0. The molecule has 1 heterocycles. The molecule has 240 valence electrons. The van der Waals surface area contributed by atoms with Gasteiger partial charge in [0.05, 0.1) is 29.6 Å². The number of ketones is 1. The van der Waals surface area contributed by atoms with Crippen molar-refractivity contribution in [3.05, 3.63) is 47.0 Å². The van der Waals surface area contributed by atoms with Gasteiger partial charge < -0.3 is 29.2 Å². The van der Waals surface area contributed by atoms with Crippen LogP contribution in [0.5, 0.6) is 0 Å². The lowest BCUT2D eigenvalue weighted by Gasteiger charge is -2.67. The van der Waals surface area contributed by atoms with E-state index in [1.807, 2.05) is 20.8 Å². The molecule has 0 spiro atoms. The Morgan fingerprint density at radius 3 is 2.18 bits per heavy atom. The molecule has 3 fully saturated rings. The summed E-state index contributed by atoms with van der Waals surface area (Å²) in [4.78, 5) is 54.2. The number of carbonyl (C=O) groups excluding carboxylic acids is 4. The summed E-state index contributed by atoms with van der Waals surface area (Å²) in [6, 6.07) is 8.30. The van der Waals surface area contributed by atoms with Crippen LogP contribution in [0.4, 0.5) is 0 Å². The maximum Gasteiger partial charge on any atom is 0.338 e. The largest absolute Gasteiger partial charge is 0.455 e. The standard InChI is InChI=1S/C34H44O10/c1-17(2)22-15-34(40)29(43-30(39)21-12-10-9-11-13-21)27-32(8,23(37)14-24-33(27,16-41-24)44-20(5)36)28(38)26(42-19(4)35)25(18(22)3)31(34,6)7/h9-13,17,22-24,26-27,29,37,40H,14-16H2,1-8H3/t22-,23+,24-,26-,27-,29-,32-,33-,34-/m1/s1. The second-order valence-corrected chi connectivity index (χ2v) is 14.1. The zero-order valence-electron chi connectivity index (χ0n) is 26.7. The van der Waals surface area contributed by atoms with Crippen molar-refractivity contribution in [1.82, 2.24) is 0 Å². The van der Waals surface area contributed by atoms with Crippen molar-refractivity contribution in [3.63, 3.8) is 0 Å². The molecule has 2 N–H and O–H groups in total. The molecule has 10 nitrogen and oxygen atoms in total. The van der Waals surface area contributed by atoms with Crippen LogP contribution in [0, 0.1) is 28.6 Å². The summed E-state index contributed by atoms with van der Waals surface area (Å²) in [6.07, 6.45) is -5.04. The SMILES string of the molecule is CC(=O)O[C@H]1C(=O)[C@]2(C)[C@@H](O)C[C@H]3OC[C@]3(OC(C)=O)[C@@H]2[C@@H](OC(=O)c2ccccc2)[C@]2(O)C[C@H](C(C)C)C(C)=C1C2(C)C. The fraction of sp³-hybridized carbons (Fsp3) is 0.647. The Labute approximate surface area is 258 Å². The first-order valence-corrected chi connectivity index (χ1v) is 15.3. The lowest BCUT2D eigenvalue weighted by atomic mass is 9.44. The third-order valence-corrected chi connectivity index (χ3v) is 11.1. The highest BCUT2D eigenvalue weighted by atomic mass is 16.6. The van der Waals surface area contributed by atoms with Gasteiger partial charge in [-0.2, -0.15) is 0 Å². The third-order valence-electron chi connectivity index (χ3n) is 11.1. The maximum atomic E-state index is 15.0. The Hall–Kier alpha value is -3.08. The summed E-state index contributed by atoms with van der Waals surface area (Å²) in [5.41, 5.74) is -5.05. The summed E-state index contributed by atoms with van der Waals surface area (Å²) in [7, 11) is 0. The van der Waals surface area contributed by atoms with E-state index in [0.29, 0.717) is 5.57 Å². The van der Waals surface area contributed by atoms with Gasteiger partial charge in [0.25, 0.3) is 0 Å². The van der Waals surface area contributed by atoms with E-state index in [2.05, 4.69) is 0 Å². The van der Waals surface area contributed by atoms with Crippen LogP contribution in [0.25, 0.3) is 0 Å². The van der Waals surface area contributed by atoms with Gasteiger partial charge in [0, 0.05) is 25.7 Å². The molecule has 0 aromatic heterocycles. The van der Waals surface area contributed by atoms with E-state index in [9.17, 15) is 24.6 Å². The number of allylic oxidation sites excluding steroid dienone is 1. The van der Waals surface area contributed by atoms with Gasteiger partial charge in [-0.25, -0.2) is 4.79 Å². The summed E-state index contributed by atoms with van der Waals surface area (Å²) in [6.45, 7) is 13.2. The number of hydrogen-bond donors (Lipinski definition) is 2. The summed E-state index contributed by atoms with van der Waals surface area (Å²) in [5.74, 6) is -4.28. The number of rotatable bonds is 5. The van der Waals surface area contributed by atoms with Crippen LogP contribution >= 0.6 is 0 Å². The molecular weight excluding hydrogens is 568 g/mol. The molecule has 9 atom stereocenters. The van der Waals surface area contributed by atoms with E-state index in [-0.39, 0.29) is 36.8 Å². The molecule has 3 aliphatic carbocycles. The zero-order valence-corrected chi connectivity index (χ0v) is 26.7. The van der Waals surface area contributed by atoms with Crippen LogP contribution in [0.15, 0.2) is 41.5 Å². The number of esters is 3. The third kappa shape index (κ3) is 4.47. The van der Waals surface area contributed by atoms with Gasteiger partial charge in [-0.05, 0) is 49.8 Å². The van der Waals surface area contributed by atoms with Crippen LogP contribution in [0.1, 0.15) is 78.6 Å². The Bertz CT molecular complexity index is 1400. The van der Waals surface area contributed by atoms with Crippen molar-refractivity contribution in [3.8, 4) is 0 Å². The molecule has 4 aliphatic rings. The smallest absolute Gasteiger partial charge is 0.338 e. The average molecular weight is 613 g/mol. The second-order valence-electron chi connectivity index (χ2n) is 14.1. The average Bonchev–Trinajstić information content (AvgIpc) is 2.93. The van der Waals surface area contributed by atoms with Gasteiger partial charge in [0.1, 0.15) is 17.8 Å². The van der Waals surface area contributed by atoms with Crippen molar-refractivity contribution in [2.45, 2.75) is 104 Å². The highest BCUT2D eigenvalue weighted by molar-refractivity contribution is 5.95. The topological polar surface area (TPSA) is 146 Å². The molecule has 1 aromatic carbocycles. The van der Waals surface area contributed by atoms with Crippen LogP contribution < -0.4 is 0 Å². The van der Waals surface area contributed by atoms with Gasteiger partial charge in [0.15, 0.2) is 17.5 Å². The monoisotopic (exact) mass is 612 g/mol. The van der Waals surface area contributed by atoms with E-state index >= 15 is 4.79 Å². The summed E-state index contributed by atoms with van der Waals surface area (Å²) in [5, 5.41) is 25.1. The minimum absolute atomic E-state index is 0.0175. The Kier molecular flexibility index (Phi) is 7.91. The molecule has 0 amide bonds. The minimum Gasteiger partial charge on any atom is -0.455 e. The highest BCUT2D eigenvalue weighted by Gasteiger charge is 2.78. The number of benzene rings is 1. The molecule has 44 heavy (non-hydrogen) atoms. The van der Waals surface area contributed by atoms with Gasteiger partial charge >= 0.3 is 17.9 Å². The Balaban J connectivity index is 1.87. The molecule has 2 bridgehead atoms. The Morgan fingerprint density at radius 2 is 1.66 bits per heavy atom. The molecular formula is C34H44O10. The number of carbonyl (C=O) groups is 4. The van der Waals surface area contributed by atoms with E-state index in [4.69, 9.17) is 18.9 Å². The molecule has 1 aromatic rings. The number of fused-ring (bicyclic) bond motifs is 5. The van der Waals surface area contributed by atoms with Gasteiger partial charge in [0.2, 0.25) is 0 Å². The van der Waals surface area contributed by atoms with Crippen molar-refractivity contribution in [2.75, 3.05) is 6.61 Å². The molecule has 1 saturated heterocycles. The quantitative estimate of drug-likeness (QED) is 0.288. The fourth-order valence-electron chi connectivity index (χ4n) is 8.70. The van der Waals surface area contributed by atoms with Crippen molar-refractivity contribution >= 4 is 23.7 Å². The number of aliphatic hydroxyl groups is 2. The zero-order chi connectivity index (χ0) is 32.6. The van der Waals surface area contributed by atoms with Gasteiger partial charge in [-0.15, -0.1) is 0 Å². The fourth-order valence-corrected chi connectivity index (χ4v) is 8.70. The molecule has 5 rings (SSSR count). The lowest BCUT2D eigenvalue weighted by molar-refractivity contribution is -0.345. The van der Waals surface area contributed by atoms with Gasteiger partial charge in [-0.3, -0.25) is 14.4 Å². The molecule has 2 saturated carbocycles. The van der Waals surface area contributed by atoms with Gasteiger partial charge in [-0.1, -0.05) is 51.5 Å². The molecule has 0 unspecified atom stereocenters. The van der Waals surface area contributed by atoms with Crippen LogP contribution in [0.3, 0.4) is 0 Å². The van der Waals surface area contributed by atoms with Crippen molar-refractivity contribution in [1.29, 1.82) is 0 Å². The van der Waals surface area contributed by atoms with E-state index in [0.717, 1.165) is 5.57 Å². The van der Waals surface area contributed by atoms with Crippen LogP contribution in [0.2, 0.25) is 0 Å². The first-order chi connectivity index (χ1) is 20.4. The molecule has 1 aliphatic heterocycles. The van der Waals surface area contributed by atoms with E-state index < -0.39 is 76.1 Å². The van der Waals surface area contributed by atoms with E-state index in [1.165, 1.54) is 20.8 Å². The normalized spacial score (nSPS) is 39.2. The number of ether oxygens (including phenoxy) is 4.